The van der Waals surface area contributed by atoms with Crippen molar-refractivity contribution in [3.8, 4) is 0 Å². The minimum Gasteiger partial charge on any atom is -0.502 e. The molecule has 0 rings (SSSR count). The molecule has 0 saturated heterocycles. The van der Waals surface area contributed by atoms with Gasteiger partial charge in [-0.2, -0.15) is 0 Å². The second-order valence-corrected chi connectivity index (χ2v) is 1.42. The van der Waals surface area contributed by atoms with Crippen LogP contribution in [0.4, 0.5) is 0 Å². The van der Waals surface area contributed by atoms with Crippen molar-refractivity contribution in [2.45, 2.75) is 6.92 Å². The van der Waals surface area contributed by atoms with Gasteiger partial charge in [-0.05, 0) is 28.9 Å². The summed E-state index contributed by atoms with van der Waals surface area (Å²) in [5.74, 6) is 0. The topological polar surface area (TPSA) is 20.2 Å². The van der Waals surface area contributed by atoms with Crippen molar-refractivity contribution < 1.29 is 5.11 Å². The molecular formula is C3H5BrO. The highest BCUT2D eigenvalue weighted by atomic mass is 79.9. The minimum absolute atomic E-state index is 0.192. The fourth-order valence-electron chi connectivity index (χ4n) is 0. The van der Waals surface area contributed by atoms with E-state index in [4.69, 9.17) is 5.11 Å². The first kappa shape index (κ1) is 5.02. The van der Waals surface area contributed by atoms with Gasteiger partial charge in [-0.25, -0.2) is 0 Å². The molecule has 0 aliphatic rings. The zero-order valence-electron chi connectivity index (χ0n) is 2.90. The van der Waals surface area contributed by atoms with Crippen molar-refractivity contribution in [3.63, 3.8) is 0 Å². The van der Waals surface area contributed by atoms with E-state index in [0.29, 0.717) is 0 Å². The van der Waals surface area contributed by atoms with Gasteiger partial charge in [-0.1, -0.05) is 0 Å². The van der Waals surface area contributed by atoms with Gasteiger partial charge in [0.15, 0.2) is 4.67 Å². The third kappa shape index (κ3) is 4.02. The number of hydrogen-bond donors (Lipinski definition) is 1. The number of halogens is 1. The molecule has 0 amide bonds. The highest BCUT2D eigenvalue weighted by Crippen LogP contribution is 1.94. The Morgan fingerprint density at radius 3 is 2.20 bits per heavy atom. The van der Waals surface area contributed by atoms with Gasteiger partial charge in [0.1, 0.15) is 0 Å². The zero-order valence-corrected chi connectivity index (χ0v) is 4.49. The van der Waals surface area contributed by atoms with E-state index < -0.39 is 0 Å². The standard InChI is InChI=1S/C3H5BrO/c1-2-3(4)5/h2,5H,1H3. The van der Waals surface area contributed by atoms with Gasteiger partial charge in [-0.3, -0.25) is 0 Å². The molecule has 0 saturated carbocycles. The molecule has 0 aromatic rings. The molecule has 0 radical (unpaired) electrons. The van der Waals surface area contributed by atoms with Crippen LogP contribution in [0.5, 0.6) is 0 Å². The Bertz CT molecular complexity index is 44.9. The van der Waals surface area contributed by atoms with Crippen LogP contribution in [0.3, 0.4) is 0 Å². The molecule has 0 aromatic heterocycles. The first-order chi connectivity index (χ1) is 2.27. The summed E-state index contributed by atoms with van der Waals surface area (Å²) in [7, 11) is 0. The third-order valence-corrected chi connectivity index (χ3v) is 0.696. The van der Waals surface area contributed by atoms with E-state index in [0.717, 1.165) is 0 Å². The summed E-state index contributed by atoms with van der Waals surface area (Å²) in [6.07, 6.45) is 1.56. The average molecular weight is 137 g/mol. The van der Waals surface area contributed by atoms with Gasteiger partial charge in [0.05, 0.1) is 0 Å². The van der Waals surface area contributed by atoms with Gasteiger partial charge in [-0.15, -0.1) is 0 Å². The number of rotatable bonds is 0. The summed E-state index contributed by atoms with van der Waals surface area (Å²) < 4.78 is 0.192. The van der Waals surface area contributed by atoms with Crippen LogP contribution in [0.15, 0.2) is 10.7 Å². The SMILES string of the molecule is CC=C(O)Br. The van der Waals surface area contributed by atoms with E-state index in [1.54, 1.807) is 13.0 Å². The number of allylic oxidation sites excluding steroid dienone is 1. The molecule has 1 nitrogen and oxygen atoms in total. The highest BCUT2D eigenvalue weighted by Gasteiger charge is 1.66. The maximum atomic E-state index is 8.14. The predicted molar refractivity (Wildman–Crippen MR) is 25.3 cm³/mol. The molecule has 0 aromatic carbocycles. The maximum absolute atomic E-state index is 8.14. The van der Waals surface area contributed by atoms with Gasteiger partial charge >= 0.3 is 0 Å². The van der Waals surface area contributed by atoms with Crippen LogP contribution in [0.25, 0.3) is 0 Å². The molecule has 0 aliphatic carbocycles. The Morgan fingerprint density at radius 1 is 2.00 bits per heavy atom. The Morgan fingerprint density at radius 2 is 2.20 bits per heavy atom. The lowest BCUT2D eigenvalue weighted by Crippen LogP contribution is -1.53. The molecule has 0 atom stereocenters. The molecule has 0 aliphatic heterocycles. The van der Waals surface area contributed by atoms with Crippen LogP contribution < -0.4 is 0 Å². The number of hydrogen-bond acceptors (Lipinski definition) is 1. The van der Waals surface area contributed by atoms with Gasteiger partial charge < -0.3 is 5.11 Å². The molecule has 0 spiro atoms. The summed E-state index contributed by atoms with van der Waals surface area (Å²) in [5.41, 5.74) is 0. The fourth-order valence-corrected chi connectivity index (χ4v) is 0. The van der Waals surface area contributed by atoms with E-state index in [-0.39, 0.29) is 4.67 Å². The second-order valence-electron chi connectivity index (χ2n) is 0.611. The van der Waals surface area contributed by atoms with E-state index in [2.05, 4.69) is 15.9 Å². The van der Waals surface area contributed by atoms with Crippen LogP contribution in [0, 0.1) is 0 Å². The largest absolute Gasteiger partial charge is 0.502 e. The van der Waals surface area contributed by atoms with Crippen molar-refractivity contribution in [3.05, 3.63) is 10.7 Å². The lowest BCUT2D eigenvalue weighted by atomic mass is 10.7. The van der Waals surface area contributed by atoms with Gasteiger partial charge in [0.2, 0.25) is 0 Å². The quantitative estimate of drug-likeness (QED) is 0.504. The molecule has 5 heavy (non-hydrogen) atoms. The summed E-state index contributed by atoms with van der Waals surface area (Å²) >= 11 is 2.79. The molecule has 30 valence electrons. The van der Waals surface area contributed by atoms with E-state index in [1.807, 2.05) is 0 Å². The van der Waals surface area contributed by atoms with Gasteiger partial charge in [0, 0.05) is 0 Å². The van der Waals surface area contributed by atoms with Crippen molar-refractivity contribution in [1.29, 1.82) is 0 Å². The molecule has 1 N–H and O–H groups in total. The van der Waals surface area contributed by atoms with Gasteiger partial charge in [0.25, 0.3) is 0 Å². The maximum Gasteiger partial charge on any atom is 0.154 e. The molecular weight excluding hydrogens is 132 g/mol. The Balaban J connectivity index is 3.14. The first-order valence-corrected chi connectivity index (χ1v) is 2.07. The third-order valence-electron chi connectivity index (χ3n) is 0.238. The Labute approximate surface area is 39.4 Å². The first-order valence-electron chi connectivity index (χ1n) is 1.28. The fraction of sp³-hybridized carbons (Fsp3) is 0.333. The van der Waals surface area contributed by atoms with Crippen molar-refractivity contribution in [2.75, 3.05) is 0 Å². The zero-order chi connectivity index (χ0) is 4.28. The molecule has 0 heterocycles. The van der Waals surface area contributed by atoms with Crippen molar-refractivity contribution in [1.82, 2.24) is 0 Å². The van der Waals surface area contributed by atoms with Crippen LogP contribution in [0.1, 0.15) is 6.92 Å². The summed E-state index contributed by atoms with van der Waals surface area (Å²) in [6, 6.07) is 0. The number of aliphatic hydroxyl groups is 1. The predicted octanol–water partition coefficient (Wildman–Crippen LogP) is 1.80. The molecule has 0 unspecified atom stereocenters. The van der Waals surface area contributed by atoms with Crippen LogP contribution in [-0.2, 0) is 0 Å². The smallest absolute Gasteiger partial charge is 0.154 e. The highest BCUT2D eigenvalue weighted by molar-refractivity contribution is 9.11. The minimum atomic E-state index is 0.192. The molecule has 0 bridgehead atoms. The summed E-state index contributed by atoms with van der Waals surface area (Å²) in [6.45, 7) is 1.74. The van der Waals surface area contributed by atoms with Crippen LogP contribution in [-0.4, -0.2) is 5.11 Å². The van der Waals surface area contributed by atoms with Crippen molar-refractivity contribution in [2.24, 2.45) is 0 Å². The Hall–Kier alpha value is 0.0200. The molecule has 0 fully saturated rings. The average Bonchev–Trinajstić information content (AvgIpc) is 1.38. The summed E-state index contributed by atoms with van der Waals surface area (Å²) in [5, 5.41) is 8.14. The van der Waals surface area contributed by atoms with Crippen LogP contribution >= 0.6 is 15.9 Å². The van der Waals surface area contributed by atoms with E-state index >= 15 is 0 Å². The van der Waals surface area contributed by atoms with E-state index in [1.165, 1.54) is 0 Å². The number of aliphatic hydroxyl groups excluding tert-OH is 1. The summed E-state index contributed by atoms with van der Waals surface area (Å²) in [4.78, 5) is 0. The lowest BCUT2D eigenvalue weighted by Gasteiger charge is -1.72. The van der Waals surface area contributed by atoms with Crippen molar-refractivity contribution >= 4 is 15.9 Å². The normalized spacial score (nSPS) is 12.0. The second kappa shape index (κ2) is 2.27. The van der Waals surface area contributed by atoms with Crippen LogP contribution in [0.2, 0.25) is 0 Å². The lowest BCUT2D eigenvalue weighted by molar-refractivity contribution is 0.459. The molecule has 2 heteroatoms. The Kier molecular flexibility index (Phi) is 2.28. The monoisotopic (exact) mass is 136 g/mol. The van der Waals surface area contributed by atoms with E-state index in [9.17, 15) is 0 Å².